The third kappa shape index (κ3) is 2.89. The van der Waals surface area contributed by atoms with Crippen LogP contribution >= 0.6 is 11.3 Å². The molecule has 0 aliphatic carbocycles. The first-order valence-corrected chi connectivity index (χ1v) is 4.74. The molecule has 0 saturated heterocycles. The van der Waals surface area contributed by atoms with Gasteiger partial charge in [0.1, 0.15) is 0 Å². The molecule has 1 aromatic rings. The normalized spacial score (nSPS) is 11.0. The standard InChI is InChI=1S/C8H14N2OS/c1-7-9-5-8(12-7)6-10(2)3-4-11/h5,11H,3-4,6H2,1-2H3. The van der Waals surface area contributed by atoms with Crippen molar-refractivity contribution in [3.8, 4) is 0 Å². The zero-order chi connectivity index (χ0) is 8.97. The van der Waals surface area contributed by atoms with Crippen LogP contribution in [0.4, 0.5) is 0 Å². The molecule has 0 atom stereocenters. The summed E-state index contributed by atoms with van der Waals surface area (Å²) in [6, 6.07) is 0. The lowest BCUT2D eigenvalue weighted by molar-refractivity contribution is 0.218. The van der Waals surface area contributed by atoms with E-state index in [1.165, 1.54) is 4.88 Å². The number of likely N-dealkylation sites (N-methyl/N-ethyl adjacent to an activating group) is 1. The van der Waals surface area contributed by atoms with E-state index in [0.717, 1.165) is 18.1 Å². The average molecular weight is 186 g/mol. The second kappa shape index (κ2) is 4.54. The number of rotatable bonds is 4. The van der Waals surface area contributed by atoms with E-state index in [-0.39, 0.29) is 6.61 Å². The van der Waals surface area contributed by atoms with E-state index in [0.29, 0.717) is 0 Å². The van der Waals surface area contributed by atoms with E-state index >= 15 is 0 Å². The van der Waals surface area contributed by atoms with Crippen molar-refractivity contribution < 1.29 is 5.11 Å². The summed E-state index contributed by atoms with van der Waals surface area (Å²) in [5, 5.41) is 9.77. The molecule has 0 fully saturated rings. The molecule has 4 heteroatoms. The Morgan fingerprint density at radius 2 is 2.42 bits per heavy atom. The van der Waals surface area contributed by atoms with Crippen LogP contribution in [0.3, 0.4) is 0 Å². The second-order valence-electron chi connectivity index (χ2n) is 2.81. The van der Waals surface area contributed by atoms with Gasteiger partial charge in [-0.15, -0.1) is 11.3 Å². The Bertz CT molecular complexity index is 237. The lowest BCUT2D eigenvalue weighted by Gasteiger charge is -2.12. The number of nitrogens with zero attached hydrogens (tertiary/aromatic N) is 2. The molecule has 12 heavy (non-hydrogen) atoms. The molecule has 0 radical (unpaired) electrons. The third-order valence-electron chi connectivity index (χ3n) is 1.58. The maximum absolute atomic E-state index is 8.67. The van der Waals surface area contributed by atoms with Crippen LogP contribution in [0, 0.1) is 6.92 Å². The Balaban J connectivity index is 2.41. The van der Waals surface area contributed by atoms with E-state index < -0.39 is 0 Å². The molecular formula is C8H14N2OS. The highest BCUT2D eigenvalue weighted by Gasteiger charge is 2.01. The van der Waals surface area contributed by atoms with Crippen LogP contribution in [0.5, 0.6) is 0 Å². The minimum atomic E-state index is 0.217. The highest BCUT2D eigenvalue weighted by molar-refractivity contribution is 7.11. The molecule has 0 aliphatic rings. The lowest BCUT2D eigenvalue weighted by atomic mass is 10.5. The summed E-state index contributed by atoms with van der Waals surface area (Å²) in [5.41, 5.74) is 0. The van der Waals surface area contributed by atoms with Crippen molar-refractivity contribution in [1.82, 2.24) is 9.88 Å². The Kier molecular flexibility index (Phi) is 3.65. The average Bonchev–Trinajstić information content (AvgIpc) is 2.36. The first-order valence-electron chi connectivity index (χ1n) is 3.93. The van der Waals surface area contributed by atoms with Crippen molar-refractivity contribution >= 4 is 11.3 Å². The molecule has 0 saturated carbocycles. The highest BCUT2D eigenvalue weighted by Crippen LogP contribution is 2.12. The number of aliphatic hydroxyl groups excluding tert-OH is 1. The van der Waals surface area contributed by atoms with Crippen LogP contribution in [0.25, 0.3) is 0 Å². The molecule has 0 unspecified atom stereocenters. The van der Waals surface area contributed by atoms with Crippen LogP contribution in [0.15, 0.2) is 6.20 Å². The van der Waals surface area contributed by atoms with E-state index in [4.69, 9.17) is 5.11 Å². The third-order valence-corrected chi connectivity index (χ3v) is 2.47. The van der Waals surface area contributed by atoms with Gasteiger partial charge in [-0.05, 0) is 14.0 Å². The van der Waals surface area contributed by atoms with Gasteiger partial charge < -0.3 is 5.11 Å². The van der Waals surface area contributed by atoms with E-state index in [2.05, 4.69) is 9.88 Å². The number of hydrogen-bond donors (Lipinski definition) is 1. The zero-order valence-corrected chi connectivity index (χ0v) is 8.27. The van der Waals surface area contributed by atoms with Crippen molar-refractivity contribution in [1.29, 1.82) is 0 Å². The number of aryl methyl sites for hydroxylation is 1. The number of aromatic nitrogens is 1. The molecule has 0 aliphatic heterocycles. The van der Waals surface area contributed by atoms with Crippen LogP contribution in [0.2, 0.25) is 0 Å². The fourth-order valence-electron chi connectivity index (χ4n) is 0.994. The van der Waals surface area contributed by atoms with Gasteiger partial charge in [0.15, 0.2) is 0 Å². The summed E-state index contributed by atoms with van der Waals surface area (Å²) < 4.78 is 0. The number of aliphatic hydroxyl groups is 1. The highest BCUT2D eigenvalue weighted by atomic mass is 32.1. The van der Waals surface area contributed by atoms with Gasteiger partial charge in [-0.1, -0.05) is 0 Å². The predicted molar refractivity (Wildman–Crippen MR) is 50.3 cm³/mol. The number of thiazole rings is 1. The van der Waals surface area contributed by atoms with Gasteiger partial charge in [0.25, 0.3) is 0 Å². The molecule has 1 aromatic heterocycles. The summed E-state index contributed by atoms with van der Waals surface area (Å²) >= 11 is 1.71. The van der Waals surface area contributed by atoms with Crippen LogP contribution in [-0.4, -0.2) is 35.2 Å². The Hall–Kier alpha value is -0.450. The van der Waals surface area contributed by atoms with Gasteiger partial charge in [0.2, 0.25) is 0 Å². The summed E-state index contributed by atoms with van der Waals surface area (Å²) in [4.78, 5) is 7.49. The van der Waals surface area contributed by atoms with Crippen LogP contribution in [0.1, 0.15) is 9.88 Å². The van der Waals surface area contributed by atoms with Crippen molar-refractivity contribution in [3.63, 3.8) is 0 Å². The maximum Gasteiger partial charge on any atom is 0.0897 e. The smallest absolute Gasteiger partial charge is 0.0897 e. The van der Waals surface area contributed by atoms with E-state index in [1.807, 2.05) is 20.2 Å². The fraction of sp³-hybridized carbons (Fsp3) is 0.625. The Labute approximate surface area is 76.7 Å². The predicted octanol–water partition coefficient (Wildman–Crippen LogP) is 0.876. The first-order chi connectivity index (χ1) is 5.72. The maximum atomic E-state index is 8.67. The van der Waals surface area contributed by atoms with Crippen molar-refractivity contribution in [2.45, 2.75) is 13.5 Å². The van der Waals surface area contributed by atoms with Crippen molar-refractivity contribution in [3.05, 3.63) is 16.1 Å². The molecular weight excluding hydrogens is 172 g/mol. The van der Waals surface area contributed by atoms with Gasteiger partial charge in [0.05, 0.1) is 11.6 Å². The summed E-state index contributed by atoms with van der Waals surface area (Å²) in [6.45, 7) is 3.82. The zero-order valence-electron chi connectivity index (χ0n) is 7.45. The Morgan fingerprint density at radius 3 is 2.92 bits per heavy atom. The van der Waals surface area contributed by atoms with Crippen molar-refractivity contribution in [2.24, 2.45) is 0 Å². The van der Waals surface area contributed by atoms with Crippen LogP contribution in [-0.2, 0) is 6.54 Å². The number of hydrogen-bond acceptors (Lipinski definition) is 4. The quantitative estimate of drug-likeness (QED) is 0.758. The fourth-order valence-corrected chi connectivity index (χ4v) is 1.87. The molecule has 1 heterocycles. The molecule has 0 spiro atoms. The minimum absolute atomic E-state index is 0.217. The summed E-state index contributed by atoms with van der Waals surface area (Å²) in [7, 11) is 1.99. The van der Waals surface area contributed by atoms with Gasteiger partial charge in [-0.2, -0.15) is 0 Å². The van der Waals surface area contributed by atoms with E-state index in [1.54, 1.807) is 11.3 Å². The first kappa shape index (κ1) is 9.64. The molecule has 3 nitrogen and oxygen atoms in total. The van der Waals surface area contributed by atoms with Gasteiger partial charge in [0, 0.05) is 24.2 Å². The molecule has 68 valence electrons. The van der Waals surface area contributed by atoms with Gasteiger partial charge in [-0.3, -0.25) is 4.90 Å². The minimum Gasteiger partial charge on any atom is -0.395 e. The SMILES string of the molecule is Cc1ncc(CN(C)CCO)s1. The molecule has 1 N–H and O–H groups in total. The molecule has 0 amide bonds. The lowest BCUT2D eigenvalue weighted by Crippen LogP contribution is -2.20. The van der Waals surface area contributed by atoms with Gasteiger partial charge >= 0.3 is 0 Å². The summed E-state index contributed by atoms with van der Waals surface area (Å²) in [5.74, 6) is 0. The molecule has 1 rings (SSSR count). The largest absolute Gasteiger partial charge is 0.395 e. The molecule has 0 aromatic carbocycles. The van der Waals surface area contributed by atoms with Crippen LogP contribution < -0.4 is 0 Å². The Morgan fingerprint density at radius 1 is 1.67 bits per heavy atom. The molecule has 0 bridgehead atoms. The van der Waals surface area contributed by atoms with Crippen molar-refractivity contribution in [2.75, 3.05) is 20.2 Å². The van der Waals surface area contributed by atoms with Gasteiger partial charge in [-0.25, -0.2) is 4.98 Å². The topological polar surface area (TPSA) is 36.4 Å². The van der Waals surface area contributed by atoms with E-state index in [9.17, 15) is 0 Å². The monoisotopic (exact) mass is 186 g/mol. The second-order valence-corrected chi connectivity index (χ2v) is 4.13. The summed E-state index contributed by atoms with van der Waals surface area (Å²) in [6.07, 6.45) is 1.90.